The molecule has 0 aliphatic carbocycles. The zero-order chi connectivity index (χ0) is 15.5. The molecule has 1 amide bonds. The third-order valence-corrected chi connectivity index (χ3v) is 5.72. The van der Waals surface area contributed by atoms with Gasteiger partial charge >= 0.3 is 0 Å². The van der Waals surface area contributed by atoms with Gasteiger partial charge < -0.3 is 4.90 Å². The predicted octanol–water partition coefficient (Wildman–Crippen LogP) is 3.78. The normalized spacial score (nSPS) is 16.0. The van der Waals surface area contributed by atoms with E-state index in [-0.39, 0.29) is 5.91 Å². The standard InChI is InChI=1S/C17H19BrN2OS/c1-13-6-7-16(22-13)17(21)20-10-8-19(9-11-20)12-14-4-2-3-5-15(14)18/h2-7H,8-12H2,1H3. The zero-order valence-corrected chi connectivity index (χ0v) is 15.0. The van der Waals surface area contributed by atoms with E-state index in [0.29, 0.717) is 0 Å². The van der Waals surface area contributed by atoms with Crippen molar-refractivity contribution in [3.05, 3.63) is 56.2 Å². The fourth-order valence-corrected chi connectivity index (χ4v) is 3.93. The average molecular weight is 379 g/mol. The van der Waals surface area contributed by atoms with E-state index in [1.165, 1.54) is 10.4 Å². The van der Waals surface area contributed by atoms with Crippen LogP contribution in [0.15, 0.2) is 40.9 Å². The average Bonchev–Trinajstić information content (AvgIpc) is 2.96. The molecule has 3 nitrogen and oxygen atoms in total. The first-order valence-corrected chi connectivity index (χ1v) is 9.06. The lowest BCUT2D eigenvalue weighted by Crippen LogP contribution is -2.48. The molecular formula is C17H19BrN2OS. The van der Waals surface area contributed by atoms with Gasteiger partial charge in [-0.2, -0.15) is 0 Å². The Morgan fingerprint density at radius 1 is 1.14 bits per heavy atom. The number of nitrogens with zero attached hydrogens (tertiary/aromatic N) is 2. The number of carbonyl (C=O) groups excluding carboxylic acids is 1. The van der Waals surface area contributed by atoms with Crippen molar-refractivity contribution in [2.45, 2.75) is 13.5 Å². The summed E-state index contributed by atoms with van der Waals surface area (Å²) in [5.74, 6) is 0.179. The molecule has 0 bridgehead atoms. The number of aryl methyl sites for hydroxylation is 1. The van der Waals surface area contributed by atoms with Crippen LogP contribution in [0.4, 0.5) is 0 Å². The number of piperazine rings is 1. The smallest absolute Gasteiger partial charge is 0.264 e. The Bertz CT molecular complexity index is 662. The van der Waals surface area contributed by atoms with Crippen LogP contribution in [0.2, 0.25) is 0 Å². The highest BCUT2D eigenvalue weighted by Gasteiger charge is 2.23. The molecule has 0 atom stereocenters. The van der Waals surface area contributed by atoms with Crippen LogP contribution in [0.3, 0.4) is 0 Å². The second kappa shape index (κ2) is 6.94. The highest BCUT2D eigenvalue weighted by atomic mass is 79.9. The van der Waals surface area contributed by atoms with Crippen molar-refractivity contribution in [1.82, 2.24) is 9.80 Å². The van der Waals surface area contributed by atoms with Crippen molar-refractivity contribution in [2.24, 2.45) is 0 Å². The van der Waals surface area contributed by atoms with Crippen LogP contribution >= 0.6 is 27.3 Å². The third kappa shape index (κ3) is 3.59. The number of hydrogen-bond donors (Lipinski definition) is 0. The van der Waals surface area contributed by atoms with Crippen LogP contribution in [0.5, 0.6) is 0 Å². The van der Waals surface area contributed by atoms with Crippen LogP contribution in [0.1, 0.15) is 20.1 Å². The summed E-state index contributed by atoms with van der Waals surface area (Å²) in [4.78, 5) is 18.9. The Labute approximate surface area is 143 Å². The van der Waals surface area contributed by atoms with Crippen LogP contribution in [0.25, 0.3) is 0 Å². The number of hydrogen-bond acceptors (Lipinski definition) is 3. The quantitative estimate of drug-likeness (QED) is 0.811. The van der Waals surface area contributed by atoms with E-state index < -0.39 is 0 Å². The molecule has 1 saturated heterocycles. The van der Waals surface area contributed by atoms with Gasteiger partial charge in [0, 0.05) is 42.1 Å². The summed E-state index contributed by atoms with van der Waals surface area (Å²) < 4.78 is 1.16. The van der Waals surface area contributed by atoms with Gasteiger partial charge in [-0.05, 0) is 30.7 Å². The minimum absolute atomic E-state index is 0.179. The molecule has 1 aliphatic rings. The largest absolute Gasteiger partial charge is 0.335 e. The first-order valence-electron chi connectivity index (χ1n) is 7.45. The molecule has 116 valence electrons. The van der Waals surface area contributed by atoms with Crippen molar-refractivity contribution < 1.29 is 4.79 Å². The van der Waals surface area contributed by atoms with Gasteiger partial charge in [-0.1, -0.05) is 34.1 Å². The topological polar surface area (TPSA) is 23.6 Å². The zero-order valence-electron chi connectivity index (χ0n) is 12.6. The molecular weight excluding hydrogens is 360 g/mol. The number of benzene rings is 1. The van der Waals surface area contributed by atoms with E-state index in [0.717, 1.165) is 42.1 Å². The number of rotatable bonds is 3. The van der Waals surface area contributed by atoms with E-state index in [1.807, 2.05) is 30.0 Å². The van der Waals surface area contributed by atoms with E-state index >= 15 is 0 Å². The Morgan fingerprint density at radius 3 is 2.50 bits per heavy atom. The van der Waals surface area contributed by atoms with Crippen LogP contribution in [0, 0.1) is 6.92 Å². The Balaban J connectivity index is 1.56. The molecule has 0 saturated carbocycles. The lowest BCUT2D eigenvalue weighted by molar-refractivity contribution is 0.0633. The van der Waals surface area contributed by atoms with Crippen LogP contribution in [-0.2, 0) is 6.54 Å². The van der Waals surface area contributed by atoms with Gasteiger partial charge in [-0.3, -0.25) is 9.69 Å². The Morgan fingerprint density at radius 2 is 1.86 bits per heavy atom. The molecule has 0 radical (unpaired) electrons. The summed E-state index contributed by atoms with van der Waals surface area (Å²) in [6.07, 6.45) is 0. The molecule has 1 aromatic carbocycles. The SMILES string of the molecule is Cc1ccc(C(=O)N2CCN(Cc3ccccc3Br)CC2)s1. The summed E-state index contributed by atoms with van der Waals surface area (Å²) in [5, 5.41) is 0. The highest BCUT2D eigenvalue weighted by Crippen LogP contribution is 2.20. The molecule has 3 rings (SSSR count). The molecule has 22 heavy (non-hydrogen) atoms. The highest BCUT2D eigenvalue weighted by molar-refractivity contribution is 9.10. The minimum Gasteiger partial charge on any atom is -0.335 e. The maximum Gasteiger partial charge on any atom is 0.264 e. The number of carbonyl (C=O) groups is 1. The minimum atomic E-state index is 0.179. The van der Waals surface area contributed by atoms with Crippen LogP contribution < -0.4 is 0 Å². The molecule has 2 heterocycles. The number of amides is 1. The van der Waals surface area contributed by atoms with Crippen molar-refractivity contribution in [2.75, 3.05) is 26.2 Å². The maximum atomic E-state index is 12.4. The first-order chi connectivity index (χ1) is 10.6. The summed E-state index contributed by atoms with van der Waals surface area (Å²) in [6.45, 7) is 6.44. The molecule has 0 spiro atoms. The van der Waals surface area contributed by atoms with Gasteiger partial charge in [-0.15, -0.1) is 11.3 Å². The summed E-state index contributed by atoms with van der Waals surface area (Å²) in [5.41, 5.74) is 1.30. The fraction of sp³-hybridized carbons (Fsp3) is 0.353. The van der Waals surface area contributed by atoms with Gasteiger partial charge in [-0.25, -0.2) is 0 Å². The Hall–Kier alpha value is -1.17. The molecule has 1 aliphatic heterocycles. The summed E-state index contributed by atoms with van der Waals surface area (Å²) in [6, 6.07) is 12.3. The van der Waals surface area contributed by atoms with Crippen molar-refractivity contribution in [1.29, 1.82) is 0 Å². The molecule has 2 aromatic rings. The van der Waals surface area contributed by atoms with Gasteiger partial charge in [0.05, 0.1) is 4.88 Å². The van der Waals surface area contributed by atoms with Crippen molar-refractivity contribution >= 4 is 33.2 Å². The van der Waals surface area contributed by atoms with E-state index in [2.05, 4.69) is 39.0 Å². The number of thiophene rings is 1. The van der Waals surface area contributed by atoms with Gasteiger partial charge in [0.1, 0.15) is 0 Å². The molecule has 0 N–H and O–H groups in total. The lowest BCUT2D eigenvalue weighted by Gasteiger charge is -2.34. The van der Waals surface area contributed by atoms with E-state index in [1.54, 1.807) is 11.3 Å². The van der Waals surface area contributed by atoms with Crippen LogP contribution in [-0.4, -0.2) is 41.9 Å². The van der Waals surface area contributed by atoms with Gasteiger partial charge in [0.15, 0.2) is 0 Å². The first kappa shape index (κ1) is 15.7. The second-order valence-corrected chi connectivity index (χ2v) is 7.71. The van der Waals surface area contributed by atoms with Gasteiger partial charge in [0.25, 0.3) is 5.91 Å². The molecule has 5 heteroatoms. The fourth-order valence-electron chi connectivity index (χ4n) is 2.68. The van der Waals surface area contributed by atoms with Crippen molar-refractivity contribution in [3.63, 3.8) is 0 Å². The van der Waals surface area contributed by atoms with Gasteiger partial charge in [0.2, 0.25) is 0 Å². The summed E-state index contributed by atoms with van der Waals surface area (Å²) >= 11 is 5.19. The Kier molecular flexibility index (Phi) is 4.96. The monoisotopic (exact) mass is 378 g/mol. The second-order valence-electron chi connectivity index (χ2n) is 5.57. The third-order valence-electron chi connectivity index (χ3n) is 3.96. The van der Waals surface area contributed by atoms with Crippen molar-refractivity contribution in [3.8, 4) is 0 Å². The molecule has 0 unspecified atom stereocenters. The lowest BCUT2D eigenvalue weighted by atomic mass is 10.2. The number of halogens is 1. The van der Waals surface area contributed by atoms with E-state index in [4.69, 9.17) is 0 Å². The van der Waals surface area contributed by atoms with E-state index in [9.17, 15) is 4.79 Å². The summed E-state index contributed by atoms with van der Waals surface area (Å²) in [7, 11) is 0. The molecule has 1 aromatic heterocycles. The molecule has 1 fully saturated rings. The maximum absolute atomic E-state index is 12.4. The predicted molar refractivity (Wildman–Crippen MR) is 94.4 cm³/mol.